The third-order valence-electron chi connectivity index (χ3n) is 3.36. The fourth-order valence-electron chi connectivity index (χ4n) is 2.30. The van der Waals surface area contributed by atoms with Gasteiger partial charge < -0.3 is 19.7 Å². The maximum atomic E-state index is 12.4. The Balaban J connectivity index is 2.96. The van der Waals surface area contributed by atoms with Gasteiger partial charge in [-0.25, -0.2) is 4.79 Å². The van der Waals surface area contributed by atoms with Crippen LogP contribution in [0.3, 0.4) is 0 Å². The molecule has 0 saturated carbocycles. The van der Waals surface area contributed by atoms with E-state index in [1.165, 1.54) is 0 Å². The Kier molecular flexibility index (Phi) is 7.11. The van der Waals surface area contributed by atoms with E-state index in [9.17, 15) is 9.59 Å². The lowest BCUT2D eigenvalue weighted by Gasteiger charge is -2.38. The lowest BCUT2D eigenvalue weighted by Crippen LogP contribution is -2.55. The first-order valence-corrected chi connectivity index (χ1v) is 8.53. The molecule has 0 radical (unpaired) electrons. The van der Waals surface area contributed by atoms with Crippen molar-refractivity contribution in [1.29, 1.82) is 0 Å². The third-order valence-corrected chi connectivity index (χ3v) is 3.59. The number of amides is 2. The van der Waals surface area contributed by atoms with Crippen molar-refractivity contribution in [2.45, 2.75) is 45.8 Å². The first-order valence-electron chi connectivity index (χ1n) is 8.00. The molecule has 140 valence electrons. The SMILES string of the molecule is COc1ccc(N(C(=O)CCl)C(C)(C)CNC(=O)OC(C)(C)C)cc1. The number of nitrogens with one attached hydrogen (secondary N) is 1. The second-order valence-electron chi connectivity index (χ2n) is 7.23. The molecule has 1 aromatic rings. The molecule has 0 aliphatic rings. The molecule has 0 aliphatic heterocycles. The van der Waals surface area contributed by atoms with E-state index in [1.807, 2.05) is 13.8 Å². The average molecular weight is 371 g/mol. The highest BCUT2D eigenvalue weighted by atomic mass is 35.5. The van der Waals surface area contributed by atoms with Crippen LogP contribution in [-0.4, -0.2) is 42.7 Å². The van der Waals surface area contributed by atoms with Gasteiger partial charge in [-0.2, -0.15) is 0 Å². The molecule has 0 saturated heterocycles. The van der Waals surface area contributed by atoms with Crippen LogP contribution in [0.1, 0.15) is 34.6 Å². The standard InChI is InChI=1S/C18H27ClN2O4/c1-17(2,3)25-16(23)20-12-18(4,5)21(15(22)11-19)13-7-9-14(24-6)10-8-13/h7-10H,11-12H2,1-6H3,(H,20,23). The van der Waals surface area contributed by atoms with Crippen LogP contribution in [0.4, 0.5) is 10.5 Å². The molecule has 1 N–H and O–H groups in total. The van der Waals surface area contributed by atoms with E-state index < -0.39 is 17.2 Å². The van der Waals surface area contributed by atoms with Crippen molar-refractivity contribution in [3.63, 3.8) is 0 Å². The van der Waals surface area contributed by atoms with Crippen LogP contribution in [0.25, 0.3) is 0 Å². The van der Waals surface area contributed by atoms with E-state index in [4.69, 9.17) is 21.1 Å². The molecule has 0 fully saturated rings. The summed E-state index contributed by atoms with van der Waals surface area (Å²) in [6.07, 6.45) is -0.534. The van der Waals surface area contributed by atoms with E-state index in [0.717, 1.165) is 0 Å². The van der Waals surface area contributed by atoms with E-state index in [-0.39, 0.29) is 18.3 Å². The van der Waals surface area contributed by atoms with Crippen LogP contribution < -0.4 is 15.0 Å². The van der Waals surface area contributed by atoms with Gasteiger partial charge in [0, 0.05) is 12.2 Å². The fourth-order valence-corrected chi connectivity index (χ4v) is 2.42. The summed E-state index contributed by atoms with van der Waals surface area (Å²) in [5, 5.41) is 2.71. The van der Waals surface area contributed by atoms with Crippen molar-refractivity contribution in [1.82, 2.24) is 5.32 Å². The minimum atomic E-state index is -0.711. The number of hydrogen-bond donors (Lipinski definition) is 1. The van der Waals surface area contributed by atoms with E-state index in [2.05, 4.69) is 5.32 Å². The number of rotatable bonds is 6. The van der Waals surface area contributed by atoms with E-state index >= 15 is 0 Å². The fraction of sp³-hybridized carbons (Fsp3) is 0.556. The van der Waals surface area contributed by atoms with Gasteiger partial charge in [-0.05, 0) is 58.9 Å². The predicted molar refractivity (Wildman–Crippen MR) is 99.5 cm³/mol. The Morgan fingerprint density at radius 1 is 1.12 bits per heavy atom. The van der Waals surface area contributed by atoms with Gasteiger partial charge in [-0.15, -0.1) is 11.6 Å². The summed E-state index contributed by atoms with van der Waals surface area (Å²) in [5.74, 6) is 0.261. The van der Waals surface area contributed by atoms with E-state index in [0.29, 0.717) is 11.4 Å². The zero-order valence-corrected chi connectivity index (χ0v) is 16.4. The molecule has 25 heavy (non-hydrogen) atoms. The number of ether oxygens (including phenoxy) is 2. The van der Waals surface area contributed by atoms with Gasteiger partial charge in [0.25, 0.3) is 0 Å². The molecule has 0 atom stereocenters. The molecule has 2 amide bonds. The smallest absolute Gasteiger partial charge is 0.407 e. The number of alkyl halides is 1. The molecule has 0 aromatic heterocycles. The van der Waals surface area contributed by atoms with Gasteiger partial charge in [-0.3, -0.25) is 4.79 Å². The van der Waals surface area contributed by atoms with Gasteiger partial charge >= 0.3 is 6.09 Å². The Morgan fingerprint density at radius 2 is 1.68 bits per heavy atom. The summed E-state index contributed by atoms with van der Waals surface area (Å²) < 4.78 is 10.4. The third kappa shape index (κ3) is 6.46. The average Bonchev–Trinajstić information content (AvgIpc) is 2.52. The Hall–Kier alpha value is -1.95. The first-order chi connectivity index (χ1) is 11.5. The number of benzene rings is 1. The number of alkyl carbamates (subject to hydrolysis) is 1. The lowest BCUT2D eigenvalue weighted by atomic mass is 10.0. The quantitative estimate of drug-likeness (QED) is 0.777. The van der Waals surface area contributed by atoms with Crippen molar-refractivity contribution in [3.8, 4) is 5.75 Å². The Labute approximate surface area is 154 Å². The summed E-state index contributed by atoms with van der Waals surface area (Å²) in [5.41, 5.74) is -0.629. The second kappa shape index (κ2) is 8.43. The van der Waals surface area contributed by atoms with Crippen molar-refractivity contribution in [3.05, 3.63) is 24.3 Å². The number of methoxy groups -OCH3 is 1. The second-order valence-corrected chi connectivity index (χ2v) is 7.50. The molecule has 0 bridgehead atoms. The zero-order chi connectivity index (χ0) is 19.3. The highest BCUT2D eigenvalue weighted by Crippen LogP contribution is 2.26. The van der Waals surface area contributed by atoms with Crippen molar-refractivity contribution >= 4 is 29.3 Å². The van der Waals surface area contributed by atoms with Crippen molar-refractivity contribution in [2.75, 3.05) is 24.4 Å². The molecule has 1 rings (SSSR count). The molecule has 1 aromatic carbocycles. The summed E-state index contributed by atoms with van der Waals surface area (Å²) in [6, 6.07) is 7.08. The minimum absolute atomic E-state index is 0.165. The number of halogens is 1. The normalized spacial score (nSPS) is 11.6. The molecular weight excluding hydrogens is 344 g/mol. The van der Waals surface area contributed by atoms with Gasteiger partial charge in [0.1, 0.15) is 17.2 Å². The number of anilines is 1. The first kappa shape index (κ1) is 21.1. The molecule has 7 heteroatoms. The van der Waals surface area contributed by atoms with Crippen LogP contribution in [-0.2, 0) is 9.53 Å². The van der Waals surface area contributed by atoms with Crippen LogP contribution in [0.2, 0.25) is 0 Å². The lowest BCUT2D eigenvalue weighted by molar-refractivity contribution is -0.117. The van der Waals surface area contributed by atoms with Crippen molar-refractivity contribution in [2.24, 2.45) is 0 Å². The van der Waals surface area contributed by atoms with Crippen LogP contribution in [0.5, 0.6) is 5.75 Å². The molecular formula is C18H27ClN2O4. The maximum absolute atomic E-state index is 12.4. The molecule has 0 spiro atoms. The van der Waals surface area contributed by atoms with Gasteiger partial charge in [0.2, 0.25) is 5.91 Å². The number of hydrogen-bond acceptors (Lipinski definition) is 4. The number of nitrogens with zero attached hydrogens (tertiary/aromatic N) is 1. The monoisotopic (exact) mass is 370 g/mol. The molecule has 0 aliphatic carbocycles. The van der Waals surface area contributed by atoms with Crippen LogP contribution in [0.15, 0.2) is 24.3 Å². The summed E-state index contributed by atoms with van der Waals surface area (Å²) in [7, 11) is 1.57. The van der Waals surface area contributed by atoms with Gasteiger partial charge in [-0.1, -0.05) is 0 Å². The molecule has 0 unspecified atom stereocenters. The Bertz CT molecular complexity index is 594. The topological polar surface area (TPSA) is 67.9 Å². The minimum Gasteiger partial charge on any atom is -0.497 e. The molecule has 0 heterocycles. The molecule has 6 nitrogen and oxygen atoms in total. The van der Waals surface area contributed by atoms with Crippen LogP contribution >= 0.6 is 11.6 Å². The predicted octanol–water partition coefficient (Wildman–Crippen LogP) is 3.57. The highest BCUT2D eigenvalue weighted by Gasteiger charge is 2.33. The highest BCUT2D eigenvalue weighted by molar-refractivity contribution is 6.29. The number of carbonyl (C=O) groups excluding carboxylic acids is 2. The van der Waals surface area contributed by atoms with Crippen LogP contribution in [0, 0.1) is 0 Å². The summed E-state index contributed by atoms with van der Waals surface area (Å²) >= 11 is 5.78. The maximum Gasteiger partial charge on any atom is 0.407 e. The summed E-state index contributed by atoms with van der Waals surface area (Å²) in [4.78, 5) is 25.9. The largest absolute Gasteiger partial charge is 0.497 e. The van der Waals surface area contributed by atoms with Crippen molar-refractivity contribution < 1.29 is 19.1 Å². The van der Waals surface area contributed by atoms with Gasteiger partial charge in [0.15, 0.2) is 0 Å². The Morgan fingerprint density at radius 3 is 2.12 bits per heavy atom. The van der Waals surface area contributed by atoms with E-state index in [1.54, 1.807) is 57.0 Å². The van der Waals surface area contributed by atoms with Gasteiger partial charge in [0.05, 0.1) is 12.6 Å². The summed E-state index contributed by atoms with van der Waals surface area (Å²) in [6.45, 7) is 9.27. The zero-order valence-electron chi connectivity index (χ0n) is 15.7. The number of carbonyl (C=O) groups is 2.